The monoisotopic (exact) mass is 414 g/mol. The predicted octanol–water partition coefficient (Wildman–Crippen LogP) is 8.23. The molecule has 1 saturated carbocycles. The van der Waals surface area contributed by atoms with Crippen LogP contribution >= 0.6 is 0 Å². The molecule has 1 unspecified atom stereocenters. The van der Waals surface area contributed by atoms with E-state index in [9.17, 15) is 4.79 Å². The molecule has 0 amide bonds. The zero-order valence-electron chi connectivity index (χ0n) is 19.6. The lowest BCUT2D eigenvalue weighted by Gasteiger charge is -2.18. The molecule has 1 fully saturated rings. The van der Waals surface area contributed by atoms with Crippen molar-refractivity contribution in [2.24, 2.45) is 5.92 Å². The van der Waals surface area contributed by atoms with Crippen molar-refractivity contribution < 1.29 is 4.79 Å². The summed E-state index contributed by atoms with van der Waals surface area (Å²) in [7, 11) is 0. The van der Waals surface area contributed by atoms with Crippen LogP contribution in [-0.2, 0) is 10.2 Å². The molecule has 0 heterocycles. The van der Waals surface area contributed by atoms with E-state index in [4.69, 9.17) is 0 Å². The van der Waals surface area contributed by atoms with Gasteiger partial charge < -0.3 is 0 Å². The first-order chi connectivity index (χ1) is 15.0. The van der Waals surface area contributed by atoms with Crippen molar-refractivity contribution in [1.82, 2.24) is 0 Å². The molecule has 1 aliphatic rings. The van der Waals surface area contributed by atoms with Crippen LogP contribution < -0.4 is 0 Å². The number of Topliss-reactive ketones (excluding diaryl/α,β-unsaturated/α-hetero) is 1. The third-order valence-corrected chi connectivity index (χ3v) is 6.85. The number of aryl methyl sites for hydroxylation is 1. The molecule has 31 heavy (non-hydrogen) atoms. The lowest BCUT2D eigenvalue weighted by atomic mass is 9.85. The van der Waals surface area contributed by atoms with Gasteiger partial charge in [0.25, 0.3) is 0 Å². The van der Waals surface area contributed by atoms with Crippen LogP contribution in [0.4, 0.5) is 0 Å². The molecule has 1 atom stereocenters. The van der Waals surface area contributed by atoms with Crippen molar-refractivity contribution in [3.63, 3.8) is 0 Å². The molecule has 2 aromatic carbocycles. The highest BCUT2D eigenvalue weighted by atomic mass is 16.1. The summed E-state index contributed by atoms with van der Waals surface area (Å²) in [6.07, 6.45) is 10.7. The number of hydrogen-bond donors (Lipinski definition) is 0. The fraction of sp³-hybridized carbons (Fsp3) is 0.433. The Morgan fingerprint density at radius 2 is 1.74 bits per heavy atom. The Bertz CT molecular complexity index is 914. The van der Waals surface area contributed by atoms with E-state index in [1.807, 2.05) is 6.07 Å². The van der Waals surface area contributed by atoms with E-state index < -0.39 is 0 Å². The lowest BCUT2D eigenvalue weighted by Crippen LogP contribution is -2.20. The Balaban J connectivity index is 1.53. The highest BCUT2D eigenvalue weighted by molar-refractivity contribution is 5.93. The van der Waals surface area contributed by atoms with Gasteiger partial charge >= 0.3 is 0 Å². The molecule has 1 heteroatoms. The minimum Gasteiger partial charge on any atom is -0.299 e. The van der Waals surface area contributed by atoms with E-state index in [2.05, 4.69) is 82.0 Å². The molecule has 2 aromatic rings. The van der Waals surface area contributed by atoms with Crippen molar-refractivity contribution in [2.45, 2.75) is 77.6 Å². The Kier molecular flexibility index (Phi) is 8.07. The first-order valence-corrected chi connectivity index (χ1v) is 12.0. The predicted molar refractivity (Wildman–Crippen MR) is 133 cm³/mol. The molecule has 0 aliphatic heterocycles. The number of carbonyl (C=O) groups is 1. The maximum atomic E-state index is 13.0. The summed E-state index contributed by atoms with van der Waals surface area (Å²) < 4.78 is 0. The van der Waals surface area contributed by atoms with Crippen LogP contribution in [0, 0.1) is 12.8 Å². The van der Waals surface area contributed by atoms with E-state index in [-0.39, 0.29) is 5.41 Å². The summed E-state index contributed by atoms with van der Waals surface area (Å²) in [6, 6.07) is 18.8. The molecule has 164 valence electrons. The number of hydrogen-bond acceptors (Lipinski definition) is 1. The molecule has 1 nitrogen and oxygen atoms in total. The second-order valence-corrected chi connectivity index (χ2v) is 9.45. The van der Waals surface area contributed by atoms with Crippen LogP contribution in [0.5, 0.6) is 0 Å². The van der Waals surface area contributed by atoms with E-state index in [1.54, 1.807) is 0 Å². The van der Waals surface area contributed by atoms with Gasteiger partial charge in [0.2, 0.25) is 0 Å². The summed E-state index contributed by atoms with van der Waals surface area (Å²) >= 11 is 0. The Morgan fingerprint density at radius 1 is 1.06 bits per heavy atom. The normalized spacial score (nSPS) is 16.0. The maximum Gasteiger partial charge on any atom is 0.143 e. The van der Waals surface area contributed by atoms with Crippen molar-refractivity contribution in [3.8, 4) is 0 Å². The second kappa shape index (κ2) is 10.8. The van der Waals surface area contributed by atoms with Gasteiger partial charge in [0, 0.05) is 6.42 Å². The van der Waals surface area contributed by atoms with Gasteiger partial charge in [-0.25, -0.2) is 0 Å². The molecule has 0 aromatic heterocycles. The van der Waals surface area contributed by atoms with Gasteiger partial charge in [0.05, 0.1) is 5.41 Å². The van der Waals surface area contributed by atoms with Crippen molar-refractivity contribution >= 4 is 11.4 Å². The molecule has 0 spiro atoms. The van der Waals surface area contributed by atoms with Gasteiger partial charge in [0.15, 0.2) is 0 Å². The van der Waals surface area contributed by atoms with Crippen molar-refractivity contribution in [3.05, 3.63) is 89.5 Å². The molecular weight excluding hydrogens is 376 g/mol. The molecular formula is C30H38O. The van der Waals surface area contributed by atoms with Crippen LogP contribution in [0.2, 0.25) is 0 Å². The Morgan fingerprint density at radius 3 is 2.39 bits per heavy atom. The Labute approximate surface area is 189 Å². The molecule has 1 aliphatic carbocycles. The average Bonchev–Trinajstić information content (AvgIpc) is 3.57. The number of benzene rings is 2. The fourth-order valence-electron chi connectivity index (χ4n) is 4.98. The third-order valence-electron chi connectivity index (χ3n) is 6.85. The molecule has 0 radical (unpaired) electrons. The van der Waals surface area contributed by atoms with Crippen molar-refractivity contribution in [2.75, 3.05) is 0 Å². The maximum absolute atomic E-state index is 13.0. The van der Waals surface area contributed by atoms with Crippen LogP contribution in [0.1, 0.15) is 81.9 Å². The molecule has 3 rings (SSSR count). The minimum absolute atomic E-state index is 0.164. The summed E-state index contributed by atoms with van der Waals surface area (Å²) in [5, 5.41) is 0. The topological polar surface area (TPSA) is 17.1 Å². The standard InChI is InChI=1S/C30H38O/c1-5-12-26(22-23(2)21-25(4)28-17-10-9-13-24(28)3)14-11-18-29(31)30(19-20-30)27-15-7-6-8-16-27/h6-10,13,15-17,21,26H,4-5,11-12,14,18-20,22H2,1-3H3/b23-21+. The second-order valence-electron chi connectivity index (χ2n) is 9.45. The quantitative estimate of drug-likeness (QED) is 0.320. The first-order valence-electron chi connectivity index (χ1n) is 12.0. The largest absolute Gasteiger partial charge is 0.299 e. The number of carbonyl (C=O) groups excluding carboxylic acids is 1. The van der Waals surface area contributed by atoms with Gasteiger partial charge in [-0.2, -0.15) is 0 Å². The van der Waals surface area contributed by atoms with Crippen molar-refractivity contribution in [1.29, 1.82) is 0 Å². The summed E-state index contributed by atoms with van der Waals surface area (Å²) in [5.74, 6) is 1.10. The number of allylic oxidation sites excluding steroid dienone is 3. The van der Waals surface area contributed by atoms with Crippen LogP contribution in [0.15, 0.2) is 72.8 Å². The van der Waals surface area contributed by atoms with E-state index in [0.29, 0.717) is 18.1 Å². The molecule has 0 saturated heterocycles. The molecule has 0 bridgehead atoms. The van der Waals surface area contributed by atoms with Gasteiger partial charge in [-0.1, -0.05) is 92.6 Å². The SMILES string of the molecule is C=C(/C=C(\C)CC(CCC)CCCC(=O)C1(c2ccccc2)CC1)c1ccccc1C. The van der Waals surface area contributed by atoms with Gasteiger partial charge in [-0.15, -0.1) is 0 Å². The average molecular weight is 415 g/mol. The van der Waals surface area contributed by atoms with E-state index in [0.717, 1.165) is 37.7 Å². The summed E-state index contributed by atoms with van der Waals surface area (Å²) in [6.45, 7) is 10.9. The lowest BCUT2D eigenvalue weighted by molar-refractivity contribution is -0.121. The van der Waals surface area contributed by atoms with Crippen LogP contribution in [0.3, 0.4) is 0 Å². The van der Waals surface area contributed by atoms with Gasteiger partial charge in [-0.3, -0.25) is 4.79 Å². The fourth-order valence-corrected chi connectivity index (χ4v) is 4.98. The number of ketones is 1. The highest BCUT2D eigenvalue weighted by Gasteiger charge is 2.49. The van der Waals surface area contributed by atoms with E-state index in [1.165, 1.54) is 35.1 Å². The minimum atomic E-state index is -0.164. The van der Waals surface area contributed by atoms with Crippen LogP contribution in [-0.4, -0.2) is 5.78 Å². The zero-order chi connectivity index (χ0) is 22.3. The van der Waals surface area contributed by atoms with Gasteiger partial charge in [-0.05, 0) is 74.1 Å². The highest BCUT2D eigenvalue weighted by Crippen LogP contribution is 2.49. The Hall–Kier alpha value is -2.41. The first kappa shape index (κ1) is 23.3. The van der Waals surface area contributed by atoms with Gasteiger partial charge in [0.1, 0.15) is 5.78 Å². The summed E-state index contributed by atoms with van der Waals surface area (Å²) in [5.41, 5.74) is 6.05. The number of rotatable bonds is 12. The third kappa shape index (κ3) is 6.06. The van der Waals surface area contributed by atoms with E-state index >= 15 is 0 Å². The molecule has 0 N–H and O–H groups in total. The smallest absolute Gasteiger partial charge is 0.143 e. The van der Waals surface area contributed by atoms with Crippen LogP contribution in [0.25, 0.3) is 5.57 Å². The zero-order valence-corrected chi connectivity index (χ0v) is 19.6. The summed E-state index contributed by atoms with van der Waals surface area (Å²) in [4.78, 5) is 13.0.